The molecule has 0 aromatic heterocycles. The summed E-state index contributed by atoms with van der Waals surface area (Å²) in [7, 11) is -4.29. The van der Waals surface area contributed by atoms with Crippen molar-refractivity contribution in [3.8, 4) is 0 Å². The molecule has 0 bridgehead atoms. The van der Waals surface area contributed by atoms with Crippen LogP contribution in [0.25, 0.3) is 0 Å². The Morgan fingerprint density at radius 3 is 2.48 bits per heavy atom. The topological polar surface area (TPSA) is 113 Å². The Bertz CT molecular complexity index is 1110. The van der Waals surface area contributed by atoms with Crippen LogP contribution in [-0.2, 0) is 10.0 Å². The summed E-state index contributed by atoms with van der Waals surface area (Å²) in [5.41, 5.74) is 4.51. The Labute approximate surface area is 181 Å². The number of alkyl halides is 2. The summed E-state index contributed by atoms with van der Waals surface area (Å²) in [6, 6.07) is 4.95. The number of aliphatic hydroxyl groups excluding tert-OH is 1. The van der Waals surface area contributed by atoms with Crippen LogP contribution in [0.3, 0.4) is 0 Å². The number of carbonyl (C=O) groups is 1. The number of hydrogen-bond acceptors (Lipinski definition) is 5. The minimum Gasteiger partial charge on any atom is -0.398 e. The number of nitrogens with one attached hydrogen (secondary N) is 1. The summed E-state index contributed by atoms with van der Waals surface area (Å²) in [6.07, 6.45) is -3.11. The third kappa shape index (κ3) is 4.95. The number of rotatable bonds is 5. The molecule has 168 valence electrons. The molecule has 12 heteroatoms. The second kappa shape index (κ2) is 9.03. The Hall–Kier alpha value is -2.34. The Kier molecular flexibility index (Phi) is 6.79. The van der Waals surface area contributed by atoms with E-state index in [4.69, 9.17) is 17.3 Å². The minimum absolute atomic E-state index is 0.00394. The van der Waals surface area contributed by atoms with Crippen LogP contribution in [0.1, 0.15) is 35.2 Å². The van der Waals surface area contributed by atoms with E-state index in [0.717, 1.165) is 16.4 Å². The highest BCUT2D eigenvalue weighted by Gasteiger charge is 2.32. The average molecular weight is 478 g/mol. The van der Waals surface area contributed by atoms with Gasteiger partial charge in [-0.05, 0) is 43.2 Å². The first-order valence-corrected chi connectivity index (χ1v) is 11.0. The standard InChI is InChI=1S/C19H19ClF3N3O4S/c20-14-2-1-10(7-12(14)18(22)23)25-19(28)13-8-17(15(21)9-16(13)24)31(29,30)26-5-3-11(27)4-6-26/h1-2,7-9,11,18,27H,3-6,24H2,(H,25,28). The molecule has 4 N–H and O–H groups in total. The van der Waals surface area contributed by atoms with Gasteiger partial charge in [0, 0.05) is 35.1 Å². The number of halogens is 4. The van der Waals surface area contributed by atoms with Crippen LogP contribution >= 0.6 is 11.6 Å². The van der Waals surface area contributed by atoms with E-state index in [9.17, 15) is 31.5 Å². The first-order valence-electron chi connectivity index (χ1n) is 9.17. The highest BCUT2D eigenvalue weighted by molar-refractivity contribution is 7.89. The first kappa shape index (κ1) is 23.3. The van der Waals surface area contributed by atoms with E-state index >= 15 is 0 Å². The normalized spacial score (nSPS) is 15.9. The monoisotopic (exact) mass is 477 g/mol. The van der Waals surface area contributed by atoms with Gasteiger partial charge in [0.2, 0.25) is 10.0 Å². The first-order chi connectivity index (χ1) is 14.5. The van der Waals surface area contributed by atoms with Gasteiger partial charge in [0.15, 0.2) is 0 Å². The van der Waals surface area contributed by atoms with E-state index in [1.165, 1.54) is 12.1 Å². The Morgan fingerprint density at radius 2 is 1.87 bits per heavy atom. The average Bonchev–Trinajstić information content (AvgIpc) is 2.69. The maximum absolute atomic E-state index is 14.5. The molecule has 0 spiro atoms. The number of amides is 1. The van der Waals surface area contributed by atoms with Crippen molar-refractivity contribution in [1.82, 2.24) is 4.31 Å². The third-order valence-electron chi connectivity index (χ3n) is 4.88. The van der Waals surface area contributed by atoms with Gasteiger partial charge in [0.25, 0.3) is 12.3 Å². The summed E-state index contributed by atoms with van der Waals surface area (Å²) in [5, 5.41) is 11.7. The zero-order valence-corrected chi connectivity index (χ0v) is 17.6. The van der Waals surface area contributed by atoms with Gasteiger partial charge in [-0.1, -0.05) is 11.6 Å². The van der Waals surface area contributed by atoms with Crippen LogP contribution < -0.4 is 11.1 Å². The largest absolute Gasteiger partial charge is 0.398 e. The number of hydrogen-bond donors (Lipinski definition) is 3. The van der Waals surface area contributed by atoms with Crippen LogP contribution in [0.4, 0.5) is 24.5 Å². The van der Waals surface area contributed by atoms with Gasteiger partial charge in [-0.25, -0.2) is 21.6 Å². The highest BCUT2D eigenvalue weighted by Crippen LogP contribution is 2.31. The molecule has 0 atom stereocenters. The van der Waals surface area contributed by atoms with Gasteiger partial charge >= 0.3 is 0 Å². The quantitative estimate of drug-likeness (QED) is 0.571. The second-order valence-electron chi connectivity index (χ2n) is 7.00. The number of carbonyl (C=O) groups excluding carboxylic acids is 1. The van der Waals surface area contributed by atoms with Gasteiger partial charge < -0.3 is 16.2 Å². The molecule has 3 rings (SSSR count). The maximum atomic E-state index is 14.5. The Balaban J connectivity index is 1.92. The summed E-state index contributed by atoms with van der Waals surface area (Å²) in [6.45, 7) is -0.00788. The van der Waals surface area contributed by atoms with Gasteiger partial charge in [0.05, 0.1) is 11.7 Å². The number of benzene rings is 2. The van der Waals surface area contributed by atoms with Crippen molar-refractivity contribution in [3.05, 3.63) is 52.3 Å². The number of nitrogen functional groups attached to an aromatic ring is 1. The molecule has 0 saturated carbocycles. The van der Waals surface area contributed by atoms with Crippen LogP contribution in [0.15, 0.2) is 35.2 Å². The SMILES string of the molecule is Nc1cc(F)c(S(=O)(=O)N2CCC(O)CC2)cc1C(=O)Nc1ccc(Cl)c(C(F)F)c1. The predicted molar refractivity (Wildman–Crippen MR) is 109 cm³/mol. The number of nitrogens with two attached hydrogens (primary N) is 1. The van der Waals surface area contributed by atoms with Crippen molar-refractivity contribution in [2.75, 3.05) is 24.1 Å². The van der Waals surface area contributed by atoms with Gasteiger partial charge in [-0.2, -0.15) is 4.31 Å². The fraction of sp³-hybridized carbons (Fsp3) is 0.316. The molecule has 1 aliphatic heterocycles. The van der Waals surface area contributed by atoms with Crippen LogP contribution in [-0.4, -0.2) is 42.9 Å². The van der Waals surface area contributed by atoms with E-state index in [2.05, 4.69) is 5.32 Å². The molecule has 7 nitrogen and oxygen atoms in total. The fourth-order valence-corrected chi connectivity index (χ4v) is 4.91. The zero-order valence-electron chi connectivity index (χ0n) is 16.0. The molecule has 1 amide bonds. The van der Waals surface area contributed by atoms with Crippen molar-refractivity contribution >= 4 is 38.9 Å². The number of sulfonamides is 1. The van der Waals surface area contributed by atoms with Crippen molar-refractivity contribution in [1.29, 1.82) is 0 Å². The van der Waals surface area contributed by atoms with Crippen LogP contribution in [0.2, 0.25) is 5.02 Å². The van der Waals surface area contributed by atoms with Crippen molar-refractivity contribution in [2.24, 2.45) is 0 Å². The van der Waals surface area contributed by atoms with Crippen molar-refractivity contribution in [2.45, 2.75) is 30.3 Å². The lowest BCUT2D eigenvalue weighted by Crippen LogP contribution is -2.40. The molecule has 1 saturated heterocycles. The number of anilines is 2. The second-order valence-corrected chi connectivity index (χ2v) is 9.31. The van der Waals surface area contributed by atoms with E-state index in [0.29, 0.717) is 6.07 Å². The molecule has 1 fully saturated rings. The third-order valence-corrected chi connectivity index (χ3v) is 7.14. The van der Waals surface area contributed by atoms with Crippen molar-refractivity contribution < 1.29 is 31.5 Å². The smallest absolute Gasteiger partial charge is 0.265 e. The van der Waals surface area contributed by atoms with E-state index in [-0.39, 0.29) is 47.9 Å². The van der Waals surface area contributed by atoms with Crippen LogP contribution in [0, 0.1) is 5.82 Å². The molecule has 2 aromatic rings. The molecule has 1 heterocycles. The molecule has 0 unspecified atom stereocenters. The van der Waals surface area contributed by atoms with E-state index in [1.54, 1.807) is 0 Å². The Morgan fingerprint density at radius 1 is 1.23 bits per heavy atom. The zero-order chi connectivity index (χ0) is 22.9. The van der Waals surface area contributed by atoms with Gasteiger partial charge in [-0.3, -0.25) is 4.79 Å². The minimum atomic E-state index is -4.29. The molecule has 0 aliphatic carbocycles. The summed E-state index contributed by atoms with van der Waals surface area (Å²) >= 11 is 5.70. The molecule has 0 radical (unpaired) electrons. The lowest BCUT2D eigenvalue weighted by molar-refractivity contribution is 0.102. The molecular formula is C19H19ClF3N3O4S. The number of aliphatic hydroxyl groups is 1. The fourth-order valence-electron chi connectivity index (χ4n) is 3.17. The lowest BCUT2D eigenvalue weighted by atomic mass is 10.1. The van der Waals surface area contributed by atoms with Gasteiger partial charge in [-0.15, -0.1) is 0 Å². The summed E-state index contributed by atoms with van der Waals surface area (Å²) < 4.78 is 67.2. The molecule has 31 heavy (non-hydrogen) atoms. The van der Waals surface area contributed by atoms with Gasteiger partial charge in [0.1, 0.15) is 10.7 Å². The van der Waals surface area contributed by atoms with E-state index < -0.39 is 44.7 Å². The maximum Gasteiger partial charge on any atom is 0.265 e. The highest BCUT2D eigenvalue weighted by atomic mass is 35.5. The molecular weight excluding hydrogens is 459 g/mol. The lowest BCUT2D eigenvalue weighted by Gasteiger charge is -2.29. The van der Waals surface area contributed by atoms with E-state index in [1.807, 2.05) is 0 Å². The van der Waals surface area contributed by atoms with Crippen molar-refractivity contribution in [3.63, 3.8) is 0 Å². The summed E-state index contributed by atoms with van der Waals surface area (Å²) in [4.78, 5) is 11.9. The van der Waals surface area contributed by atoms with Crippen LogP contribution in [0.5, 0.6) is 0 Å². The predicted octanol–water partition coefficient (Wildman–Crippen LogP) is 3.40. The molecule has 2 aromatic carbocycles. The molecule has 1 aliphatic rings. The number of piperidine rings is 1. The summed E-state index contributed by atoms with van der Waals surface area (Å²) in [5.74, 6) is -2.04. The number of nitrogens with zero attached hydrogens (tertiary/aromatic N) is 1.